The van der Waals surface area contributed by atoms with Crippen molar-refractivity contribution in [2.24, 2.45) is 0 Å². The molecule has 3 rings (SSSR count). The van der Waals surface area contributed by atoms with Gasteiger partial charge in [0.25, 0.3) is 5.91 Å². The predicted molar refractivity (Wildman–Crippen MR) is 117 cm³/mol. The average molecular weight is 430 g/mol. The monoisotopic (exact) mass is 429 g/mol. The van der Waals surface area contributed by atoms with Gasteiger partial charge in [-0.1, -0.05) is 42.5 Å². The first kappa shape index (κ1) is 22.0. The van der Waals surface area contributed by atoms with E-state index < -0.39 is 22.0 Å². The van der Waals surface area contributed by atoms with E-state index in [1.165, 1.54) is 7.05 Å². The highest BCUT2D eigenvalue weighted by Crippen LogP contribution is 2.26. The number of anilines is 1. The van der Waals surface area contributed by atoms with Crippen molar-refractivity contribution in [3.63, 3.8) is 0 Å². The number of para-hydroxylation sites is 1. The summed E-state index contributed by atoms with van der Waals surface area (Å²) < 4.78 is 25.4. The summed E-state index contributed by atoms with van der Waals surface area (Å²) in [5, 5.41) is 2.79. The standard InChI is InChI=1S/C22H27N3O4S/c1-24(30(2,28)29)20(17-11-5-3-6-12-17)21(26)23-19-14-8-7-13-18(19)22(27)25-15-9-4-10-16-25/h3,5-8,11-14,20H,4,9-10,15-16H2,1-2H3,(H,23,26)/t20-/m0/s1. The van der Waals surface area contributed by atoms with Crippen LogP contribution in [0, 0.1) is 0 Å². The van der Waals surface area contributed by atoms with Crippen LogP contribution in [0.5, 0.6) is 0 Å². The molecule has 7 nitrogen and oxygen atoms in total. The molecule has 1 saturated heterocycles. The maximum absolute atomic E-state index is 13.2. The third-order valence-corrected chi connectivity index (χ3v) is 6.57. The molecule has 0 radical (unpaired) electrons. The summed E-state index contributed by atoms with van der Waals surface area (Å²) in [6.07, 6.45) is 4.10. The molecule has 0 bridgehead atoms. The van der Waals surface area contributed by atoms with Crippen molar-refractivity contribution in [2.75, 3.05) is 31.7 Å². The molecule has 8 heteroatoms. The van der Waals surface area contributed by atoms with E-state index in [9.17, 15) is 18.0 Å². The number of amides is 2. The minimum atomic E-state index is -3.63. The average Bonchev–Trinajstić information content (AvgIpc) is 2.74. The quantitative estimate of drug-likeness (QED) is 0.765. The predicted octanol–water partition coefficient (Wildman–Crippen LogP) is 2.88. The number of hydrogen-bond acceptors (Lipinski definition) is 4. The van der Waals surface area contributed by atoms with Gasteiger partial charge in [-0.2, -0.15) is 4.31 Å². The number of sulfonamides is 1. The van der Waals surface area contributed by atoms with Crippen LogP contribution in [0.2, 0.25) is 0 Å². The largest absolute Gasteiger partial charge is 0.339 e. The van der Waals surface area contributed by atoms with Gasteiger partial charge in [0.2, 0.25) is 15.9 Å². The van der Waals surface area contributed by atoms with Crippen LogP contribution in [-0.2, 0) is 14.8 Å². The second-order valence-corrected chi connectivity index (χ2v) is 9.52. The Morgan fingerprint density at radius 1 is 0.967 bits per heavy atom. The van der Waals surface area contributed by atoms with E-state index in [-0.39, 0.29) is 5.91 Å². The van der Waals surface area contributed by atoms with Crippen LogP contribution in [0.25, 0.3) is 0 Å². The Balaban J connectivity index is 1.90. The van der Waals surface area contributed by atoms with Gasteiger partial charge in [-0.25, -0.2) is 8.42 Å². The molecule has 1 heterocycles. The lowest BCUT2D eigenvalue weighted by molar-refractivity contribution is -0.119. The van der Waals surface area contributed by atoms with Gasteiger partial charge in [0.15, 0.2) is 0 Å². The number of carbonyl (C=O) groups excluding carboxylic acids is 2. The van der Waals surface area contributed by atoms with Gasteiger partial charge >= 0.3 is 0 Å². The maximum atomic E-state index is 13.2. The molecular formula is C22H27N3O4S. The second-order valence-electron chi connectivity index (χ2n) is 7.48. The molecular weight excluding hydrogens is 402 g/mol. The van der Waals surface area contributed by atoms with Crippen LogP contribution in [0.3, 0.4) is 0 Å². The molecule has 0 spiro atoms. The molecule has 1 N–H and O–H groups in total. The van der Waals surface area contributed by atoms with E-state index in [0.29, 0.717) is 29.9 Å². The van der Waals surface area contributed by atoms with Crippen LogP contribution in [0.4, 0.5) is 5.69 Å². The first-order valence-electron chi connectivity index (χ1n) is 9.96. The number of likely N-dealkylation sites (N-methyl/N-ethyl adjacent to an activating group) is 1. The highest BCUT2D eigenvalue weighted by molar-refractivity contribution is 7.88. The number of nitrogens with one attached hydrogen (secondary N) is 1. The zero-order valence-corrected chi connectivity index (χ0v) is 18.1. The Morgan fingerprint density at radius 3 is 2.20 bits per heavy atom. The summed E-state index contributed by atoms with van der Waals surface area (Å²) in [5.41, 5.74) is 1.32. The van der Waals surface area contributed by atoms with E-state index in [0.717, 1.165) is 29.8 Å². The fourth-order valence-electron chi connectivity index (χ4n) is 3.60. The number of hydrogen-bond donors (Lipinski definition) is 1. The van der Waals surface area contributed by atoms with Crippen LogP contribution in [0.15, 0.2) is 54.6 Å². The molecule has 0 aromatic heterocycles. The summed E-state index contributed by atoms with van der Waals surface area (Å²) >= 11 is 0. The third kappa shape index (κ3) is 5.06. The van der Waals surface area contributed by atoms with Crippen LogP contribution in [-0.4, -0.2) is 55.8 Å². The highest BCUT2D eigenvalue weighted by atomic mass is 32.2. The minimum Gasteiger partial charge on any atom is -0.339 e. The topological polar surface area (TPSA) is 86.8 Å². The van der Waals surface area contributed by atoms with Gasteiger partial charge in [-0.05, 0) is 37.0 Å². The number of carbonyl (C=O) groups is 2. The number of rotatable bonds is 6. The third-order valence-electron chi connectivity index (χ3n) is 5.31. The number of nitrogens with zero attached hydrogens (tertiary/aromatic N) is 2. The number of benzene rings is 2. The van der Waals surface area contributed by atoms with Gasteiger partial charge in [-0.3, -0.25) is 9.59 Å². The second kappa shape index (κ2) is 9.40. The van der Waals surface area contributed by atoms with Gasteiger partial charge in [-0.15, -0.1) is 0 Å². The van der Waals surface area contributed by atoms with Crippen molar-refractivity contribution >= 4 is 27.5 Å². The first-order chi connectivity index (χ1) is 14.3. The van der Waals surface area contributed by atoms with Crippen molar-refractivity contribution in [1.29, 1.82) is 0 Å². The zero-order chi connectivity index (χ0) is 21.7. The van der Waals surface area contributed by atoms with Crippen molar-refractivity contribution in [3.05, 3.63) is 65.7 Å². The molecule has 1 aliphatic heterocycles. The van der Waals surface area contributed by atoms with Gasteiger partial charge in [0, 0.05) is 20.1 Å². The summed E-state index contributed by atoms with van der Waals surface area (Å²) in [6.45, 7) is 1.40. The fourth-order valence-corrected chi connectivity index (χ4v) is 4.20. The molecule has 2 aromatic carbocycles. The van der Waals surface area contributed by atoms with E-state index in [1.807, 2.05) is 0 Å². The van der Waals surface area contributed by atoms with Gasteiger partial charge in [0.05, 0.1) is 17.5 Å². The van der Waals surface area contributed by atoms with Gasteiger partial charge < -0.3 is 10.2 Å². The molecule has 0 unspecified atom stereocenters. The summed E-state index contributed by atoms with van der Waals surface area (Å²) in [6, 6.07) is 14.5. The number of likely N-dealkylation sites (tertiary alicyclic amines) is 1. The maximum Gasteiger partial charge on any atom is 0.255 e. The van der Waals surface area contributed by atoms with Crippen molar-refractivity contribution in [1.82, 2.24) is 9.21 Å². The molecule has 0 aliphatic carbocycles. The zero-order valence-electron chi connectivity index (χ0n) is 17.2. The van der Waals surface area contributed by atoms with Crippen LogP contribution in [0.1, 0.15) is 41.2 Å². The Labute approximate surface area is 177 Å². The van der Waals surface area contributed by atoms with E-state index in [1.54, 1.807) is 59.5 Å². The van der Waals surface area contributed by atoms with E-state index >= 15 is 0 Å². The lowest BCUT2D eigenvalue weighted by atomic mass is 10.0. The van der Waals surface area contributed by atoms with E-state index in [2.05, 4.69) is 5.32 Å². The molecule has 1 atom stereocenters. The Morgan fingerprint density at radius 2 is 1.57 bits per heavy atom. The van der Waals surface area contributed by atoms with E-state index in [4.69, 9.17) is 0 Å². The summed E-state index contributed by atoms with van der Waals surface area (Å²) in [4.78, 5) is 28.0. The van der Waals surface area contributed by atoms with Crippen LogP contribution < -0.4 is 5.32 Å². The molecule has 1 aliphatic rings. The lowest BCUT2D eigenvalue weighted by Gasteiger charge is -2.28. The van der Waals surface area contributed by atoms with Crippen molar-refractivity contribution in [3.8, 4) is 0 Å². The molecule has 1 fully saturated rings. The molecule has 2 amide bonds. The highest BCUT2D eigenvalue weighted by Gasteiger charge is 2.31. The molecule has 30 heavy (non-hydrogen) atoms. The van der Waals surface area contributed by atoms with Gasteiger partial charge in [0.1, 0.15) is 6.04 Å². The lowest BCUT2D eigenvalue weighted by Crippen LogP contribution is -2.39. The smallest absolute Gasteiger partial charge is 0.255 e. The fraction of sp³-hybridized carbons (Fsp3) is 0.364. The first-order valence-corrected chi connectivity index (χ1v) is 11.8. The molecule has 2 aromatic rings. The van der Waals surface area contributed by atoms with Crippen LogP contribution >= 0.6 is 0 Å². The summed E-state index contributed by atoms with van der Waals surface area (Å²) in [7, 11) is -2.26. The number of piperidine rings is 1. The Hall–Kier alpha value is -2.71. The Bertz CT molecular complexity index is 1000. The molecule has 0 saturated carbocycles. The van der Waals surface area contributed by atoms with Crippen molar-refractivity contribution < 1.29 is 18.0 Å². The molecule has 160 valence electrons. The Kier molecular flexibility index (Phi) is 6.89. The normalized spacial score (nSPS) is 15.6. The van der Waals surface area contributed by atoms with Crippen molar-refractivity contribution in [2.45, 2.75) is 25.3 Å². The minimum absolute atomic E-state index is 0.127. The summed E-state index contributed by atoms with van der Waals surface area (Å²) in [5.74, 6) is -0.647. The SMILES string of the molecule is CN([C@H](C(=O)Nc1ccccc1C(=O)N1CCCCC1)c1ccccc1)S(C)(=O)=O.